The van der Waals surface area contributed by atoms with Crippen molar-refractivity contribution in [2.24, 2.45) is 0 Å². The van der Waals surface area contributed by atoms with E-state index in [9.17, 15) is 18.0 Å². The normalized spacial score (nSPS) is 14.9. The molecule has 11 heteroatoms. The zero-order chi connectivity index (χ0) is 22.3. The summed E-state index contributed by atoms with van der Waals surface area (Å²) < 4.78 is 29.1. The number of nitrogens with zero attached hydrogens (tertiary/aromatic N) is 4. The summed E-state index contributed by atoms with van der Waals surface area (Å²) in [6, 6.07) is 11.9. The van der Waals surface area contributed by atoms with Crippen LogP contribution in [0.25, 0.3) is 21.3 Å². The van der Waals surface area contributed by atoms with E-state index in [1.807, 2.05) is 6.07 Å². The summed E-state index contributed by atoms with van der Waals surface area (Å²) in [6.45, 7) is 0.882. The fourth-order valence-corrected chi connectivity index (χ4v) is 6.32. The number of carbonyl (C=O) groups excluding carboxylic acids is 1. The van der Waals surface area contributed by atoms with Gasteiger partial charge in [0.05, 0.1) is 32.3 Å². The first-order chi connectivity index (χ1) is 15.4. The van der Waals surface area contributed by atoms with Gasteiger partial charge in [0.1, 0.15) is 6.54 Å². The highest BCUT2D eigenvalue weighted by molar-refractivity contribution is 7.89. The van der Waals surface area contributed by atoms with E-state index in [1.165, 1.54) is 26.4 Å². The summed E-state index contributed by atoms with van der Waals surface area (Å²) in [5.41, 5.74) is 1.40. The molecule has 5 rings (SSSR count). The minimum atomic E-state index is -3.53. The summed E-state index contributed by atoms with van der Waals surface area (Å²) in [4.78, 5) is 33.6. The number of nitrogens with one attached hydrogen (secondary N) is 1. The topological polar surface area (TPSA) is 114 Å². The number of para-hydroxylation sites is 2. The number of amides is 1. The molecule has 0 spiro atoms. The summed E-state index contributed by atoms with van der Waals surface area (Å²) in [7, 11) is -3.53. The monoisotopic (exact) mass is 469 g/mol. The molecule has 0 radical (unpaired) electrons. The average Bonchev–Trinajstić information content (AvgIpc) is 3.45. The highest BCUT2D eigenvalue weighted by Crippen LogP contribution is 2.30. The second kappa shape index (κ2) is 8.08. The van der Waals surface area contributed by atoms with E-state index < -0.39 is 15.9 Å². The van der Waals surface area contributed by atoms with Crippen LogP contribution in [0.15, 0.2) is 58.4 Å². The van der Waals surface area contributed by atoms with Crippen LogP contribution in [0.3, 0.4) is 0 Å². The summed E-state index contributed by atoms with van der Waals surface area (Å²) in [6.07, 6.45) is 2.93. The van der Waals surface area contributed by atoms with E-state index in [0.29, 0.717) is 39.5 Å². The Kier molecular flexibility index (Phi) is 5.24. The molecule has 1 saturated heterocycles. The Morgan fingerprint density at radius 1 is 1.09 bits per heavy atom. The Morgan fingerprint density at radius 2 is 1.88 bits per heavy atom. The first kappa shape index (κ1) is 20.7. The van der Waals surface area contributed by atoms with Gasteiger partial charge in [0, 0.05) is 13.1 Å². The Labute approximate surface area is 187 Å². The van der Waals surface area contributed by atoms with Crippen molar-refractivity contribution in [1.82, 2.24) is 18.8 Å². The van der Waals surface area contributed by atoms with E-state index in [-0.39, 0.29) is 17.0 Å². The Bertz CT molecular complexity index is 1500. The third-order valence-electron chi connectivity index (χ3n) is 5.36. The van der Waals surface area contributed by atoms with Crippen LogP contribution >= 0.6 is 11.3 Å². The molecule has 1 amide bonds. The highest BCUT2D eigenvalue weighted by atomic mass is 32.2. The van der Waals surface area contributed by atoms with E-state index in [4.69, 9.17) is 0 Å². The van der Waals surface area contributed by atoms with Gasteiger partial charge in [0.2, 0.25) is 15.9 Å². The van der Waals surface area contributed by atoms with E-state index in [1.54, 1.807) is 36.4 Å². The molecular weight excluding hydrogens is 450 g/mol. The molecule has 164 valence electrons. The molecule has 0 saturated carbocycles. The number of hydrogen-bond donors (Lipinski definition) is 1. The predicted molar refractivity (Wildman–Crippen MR) is 122 cm³/mol. The average molecular weight is 470 g/mol. The molecule has 0 aliphatic carbocycles. The van der Waals surface area contributed by atoms with Gasteiger partial charge in [-0.2, -0.15) is 4.31 Å². The lowest BCUT2D eigenvalue weighted by Crippen LogP contribution is -2.27. The zero-order valence-electron chi connectivity index (χ0n) is 16.9. The molecule has 0 unspecified atom stereocenters. The van der Waals surface area contributed by atoms with Crippen molar-refractivity contribution in [3.8, 4) is 0 Å². The number of rotatable bonds is 5. The van der Waals surface area contributed by atoms with Crippen LogP contribution in [0.2, 0.25) is 0 Å². The number of anilines is 1. The van der Waals surface area contributed by atoms with Crippen LogP contribution in [0.4, 0.5) is 5.13 Å². The Morgan fingerprint density at radius 3 is 2.69 bits per heavy atom. The molecule has 0 atom stereocenters. The standard InChI is InChI=1S/C21H19N5O4S2/c27-19(13-26-17-6-2-1-5-15(17)22-12-20(26)28)24-21-23-16-8-7-14(11-18(16)31-21)32(29,30)25-9-3-4-10-25/h1-2,5-8,11-12H,3-4,9-10,13H2,(H,23,24,27). The molecule has 1 fully saturated rings. The molecule has 1 aliphatic rings. The number of sulfonamides is 1. The van der Waals surface area contributed by atoms with Gasteiger partial charge >= 0.3 is 0 Å². The molecule has 9 nitrogen and oxygen atoms in total. The van der Waals surface area contributed by atoms with Crippen LogP contribution in [0, 0.1) is 0 Å². The molecular formula is C21H19N5O4S2. The molecule has 32 heavy (non-hydrogen) atoms. The Hall–Kier alpha value is -3.15. The van der Waals surface area contributed by atoms with Gasteiger partial charge in [0.25, 0.3) is 5.56 Å². The number of aromatic nitrogens is 3. The number of hydrogen-bond acceptors (Lipinski definition) is 7. The maximum Gasteiger partial charge on any atom is 0.269 e. The molecule has 1 N–H and O–H groups in total. The third-order valence-corrected chi connectivity index (χ3v) is 8.19. The van der Waals surface area contributed by atoms with E-state index in [0.717, 1.165) is 12.8 Å². The quantitative estimate of drug-likeness (QED) is 0.480. The van der Waals surface area contributed by atoms with Crippen molar-refractivity contribution >= 4 is 53.6 Å². The van der Waals surface area contributed by atoms with Gasteiger partial charge in [-0.15, -0.1) is 0 Å². The van der Waals surface area contributed by atoms with Crippen molar-refractivity contribution < 1.29 is 13.2 Å². The second-order valence-electron chi connectivity index (χ2n) is 7.48. The molecule has 3 heterocycles. The van der Waals surface area contributed by atoms with E-state index >= 15 is 0 Å². The van der Waals surface area contributed by atoms with Crippen LogP contribution in [0.5, 0.6) is 0 Å². The highest BCUT2D eigenvalue weighted by Gasteiger charge is 2.27. The number of carbonyl (C=O) groups is 1. The second-order valence-corrected chi connectivity index (χ2v) is 10.4. The summed E-state index contributed by atoms with van der Waals surface area (Å²) in [5, 5.41) is 3.05. The molecule has 4 aromatic rings. The van der Waals surface area contributed by atoms with Crippen molar-refractivity contribution in [3.05, 3.63) is 59.0 Å². The van der Waals surface area contributed by atoms with Crippen LogP contribution < -0.4 is 10.9 Å². The maximum absolute atomic E-state index is 12.8. The Balaban J connectivity index is 1.39. The fourth-order valence-electron chi connectivity index (χ4n) is 3.78. The van der Waals surface area contributed by atoms with E-state index in [2.05, 4.69) is 15.3 Å². The zero-order valence-corrected chi connectivity index (χ0v) is 18.5. The minimum Gasteiger partial charge on any atom is -0.300 e. The van der Waals surface area contributed by atoms with Gasteiger partial charge in [0.15, 0.2) is 5.13 Å². The summed E-state index contributed by atoms with van der Waals surface area (Å²) >= 11 is 1.19. The van der Waals surface area contributed by atoms with Crippen molar-refractivity contribution in [2.45, 2.75) is 24.3 Å². The van der Waals surface area contributed by atoms with Gasteiger partial charge < -0.3 is 5.32 Å². The van der Waals surface area contributed by atoms with Crippen LogP contribution in [0.1, 0.15) is 12.8 Å². The van der Waals surface area contributed by atoms with Gasteiger partial charge in [-0.3, -0.25) is 14.2 Å². The first-order valence-corrected chi connectivity index (χ1v) is 12.3. The molecule has 0 bridgehead atoms. The molecule has 2 aromatic heterocycles. The van der Waals surface area contributed by atoms with Crippen molar-refractivity contribution in [2.75, 3.05) is 18.4 Å². The fraction of sp³-hybridized carbons (Fsp3) is 0.238. The van der Waals surface area contributed by atoms with Gasteiger partial charge in [-0.25, -0.2) is 18.4 Å². The number of benzene rings is 2. The lowest BCUT2D eigenvalue weighted by molar-refractivity contribution is -0.116. The lowest BCUT2D eigenvalue weighted by Gasteiger charge is -2.15. The van der Waals surface area contributed by atoms with Crippen molar-refractivity contribution in [3.63, 3.8) is 0 Å². The predicted octanol–water partition coefficient (Wildman–Crippen LogP) is 2.43. The van der Waals surface area contributed by atoms with Crippen molar-refractivity contribution in [1.29, 1.82) is 0 Å². The van der Waals surface area contributed by atoms with Gasteiger partial charge in [-0.05, 0) is 43.2 Å². The number of fused-ring (bicyclic) bond motifs is 2. The number of thiazole rings is 1. The van der Waals surface area contributed by atoms with Gasteiger partial charge in [-0.1, -0.05) is 23.5 Å². The largest absolute Gasteiger partial charge is 0.300 e. The lowest BCUT2D eigenvalue weighted by atomic mass is 10.3. The first-order valence-electron chi connectivity index (χ1n) is 10.1. The maximum atomic E-state index is 12.8. The van der Waals surface area contributed by atoms with Crippen LogP contribution in [-0.4, -0.2) is 46.3 Å². The van der Waals surface area contributed by atoms with Crippen LogP contribution in [-0.2, 0) is 21.4 Å². The summed E-state index contributed by atoms with van der Waals surface area (Å²) in [5.74, 6) is -0.410. The smallest absolute Gasteiger partial charge is 0.269 e. The molecule has 1 aliphatic heterocycles. The third kappa shape index (κ3) is 3.78. The SMILES string of the molecule is O=C(Cn1c(=O)cnc2ccccc21)Nc1nc2ccc(S(=O)(=O)N3CCCC3)cc2s1. The molecule has 2 aromatic carbocycles. The minimum absolute atomic E-state index is 0.188.